The van der Waals surface area contributed by atoms with Gasteiger partial charge in [0.15, 0.2) is 0 Å². The van der Waals surface area contributed by atoms with Crippen molar-refractivity contribution in [3.05, 3.63) is 29.8 Å². The summed E-state index contributed by atoms with van der Waals surface area (Å²) >= 11 is 0. The lowest BCUT2D eigenvalue weighted by atomic mass is 9.82. The molecule has 1 heterocycles. The van der Waals surface area contributed by atoms with Gasteiger partial charge in [-0.1, -0.05) is 31.5 Å². The Morgan fingerprint density at radius 3 is 2.88 bits per heavy atom. The molecule has 0 amide bonds. The van der Waals surface area contributed by atoms with Gasteiger partial charge in [-0.2, -0.15) is 0 Å². The Balaban J connectivity index is 2.13. The van der Waals surface area contributed by atoms with Gasteiger partial charge in [-0.3, -0.25) is 0 Å². The number of fused-ring (bicyclic) bond motifs is 1. The van der Waals surface area contributed by atoms with Gasteiger partial charge in [0.1, 0.15) is 5.75 Å². The summed E-state index contributed by atoms with van der Waals surface area (Å²) in [5.74, 6) is 1.97. The summed E-state index contributed by atoms with van der Waals surface area (Å²) in [6, 6.07) is 8.30. The van der Waals surface area contributed by atoms with Crippen molar-refractivity contribution in [2.45, 2.75) is 45.1 Å². The van der Waals surface area contributed by atoms with Crippen LogP contribution in [-0.2, 0) is 0 Å². The minimum absolute atomic E-state index is 0.213. The molecule has 0 saturated heterocycles. The Labute approximate surface area is 104 Å². The van der Waals surface area contributed by atoms with Gasteiger partial charge in [-0.05, 0) is 43.2 Å². The number of para-hydroxylation sites is 1. The highest BCUT2D eigenvalue weighted by molar-refractivity contribution is 5.37. The number of benzene rings is 1. The zero-order chi connectivity index (χ0) is 12.3. The molecule has 3 unspecified atom stereocenters. The van der Waals surface area contributed by atoms with E-state index in [-0.39, 0.29) is 6.10 Å². The molecule has 2 rings (SSSR count). The van der Waals surface area contributed by atoms with Crippen molar-refractivity contribution in [2.24, 2.45) is 5.92 Å². The number of hydrogen-bond acceptors (Lipinski definition) is 2. The molecule has 0 bridgehead atoms. The molecular weight excluding hydrogens is 212 g/mol. The van der Waals surface area contributed by atoms with E-state index in [1.165, 1.54) is 5.56 Å². The van der Waals surface area contributed by atoms with E-state index in [4.69, 9.17) is 4.74 Å². The molecule has 0 radical (unpaired) electrons. The average molecular weight is 234 g/mol. The fourth-order valence-electron chi connectivity index (χ4n) is 2.73. The third-order valence-electron chi connectivity index (χ3n) is 3.88. The molecular formula is C15H22O2. The maximum atomic E-state index is 9.76. The van der Waals surface area contributed by atoms with Crippen LogP contribution in [-0.4, -0.2) is 17.8 Å². The number of aliphatic hydroxyl groups excluding tert-OH is 1. The molecule has 2 heteroatoms. The van der Waals surface area contributed by atoms with Crippen LogP contribution >= 0.6 is 0 Å². The van der Waals surface area contributed by atoms with E-state index >= 15 is 0 Å². The van der Waals surface area contributed by atoms with E-state index < -0.39 is 0 Å². The molecule has 2 nitrogen and oxygen atoms in total. The van der Waals surface area contributed by atoms with Crippen LogP contribution in [0.3, 0.4) is 0 Å². The number of ether oxygens (including phenoxy) is 1. The molecule has 3 atom stereocenters. The Kier molecular flexibility index (Phi) is 4.06. The third kappa shape index (κ3) is 2.81. The van der Waals surface area contributed by atoms with Gasteiger partial charge >= 0.3 is 0 Å². The highest BCUT2D eigenvalue weighted by Gasteiger charge is 2.25. The van der Waals surface area contributed by atoms with Gasteiger partial charge in [0, 0.05) is 0 Å². The van der Waals surface area contributed by atoms with Crippen molar-refractivity contribution in [2.75, 3.05) is 6.61 Å². The lowest BCUT2D eigenvalue weighted by molar-refractivity contribution is 0.108. The van der Waals surface area contributed by atoms with Gasteiger partial charge < -0.3 is 9.84 Å². The highest BCUT2D eigenvalue weighted by atomic mass is 16.5. The van der Waals surface area contributed by atoms with Crippen LogP contribution in [0.1, 0.15) is 44.6 Å². The predicted octanol–water partition coefficient (Wildman–Crippen LogP) is 3.35. The molecule has 0 fully saturated rings. The van der Waals surface area contributed by atoms with E-state index in [1.807, 2.05) is 19.1 Å². The van der Waals surface area contributed by atoms with Crippen LogP contribution in [0.15, 0.2) is 24.3 Å². The molecule has 1 aliphatic heterocycles. The third-order valence-corrected chi connectivity index (χ3v) is 3.88. The minimum atomic E-state index is -0.213. The fraction of sp³-hybridized carbons (Fsp3) is 0.600. The molecule has 0 spiro atoms. The van der Waals surface area contributed by atoms with Crippen molar-refractivity contribution >= 4 is 0 Å². The zero-order valence-electron chi connectivity index (χ0n) is 10.7. The van der Waals surface area contributed by atoms with Crippen molar-refractivity contribution in [3.8, 4) is 5.75 Å². The first-order chi connectivity index (χ1) is 8.22. The van der Waals surface area contributed by atoms with Crippen LogP contribution in [0.25, 0.3) is 0 Å². The van der Waals surface area contributed by atoms with E-state index in [0.29, 0.717) is 11.8 Å². The normalized spacial score (nSPS) is 22.4. The molecule has 1 aromatic rings. The van der Waals surface area contributed by atoms with Crippen LogP contribution in [0.5, 0.6) is 5.75 Å². The van der Waals surface area contributed by atoms with Crippen LogP contribution < -0.4 is 4.74 Å². The van der Waals surface area contributed by atoms with Crippen molar-refractivity contribution < 1.29 is 9.84 Å². The first kappa shape index (κ1) is 12.4. The van der Waals surface area contributed by atoms with E-state index in [2.05, 4.69) is 19.1 Å². The summed E-state index contributed by atoms with van der Waals surface area (Å²) in [4.78, 5) is 0. The van der Waals surface area contributed by atoms with Crippen molar-refractivity contribution in [3.63, 3.8) is 0 Å². The summed E-state index contributed by atoms with van der Waals surface area (Å²) in [6.07, 6.45) is 2.96. The minimum Gasteiger partial charge on any atom is -0.493 e. The zero-order valence-corrected chi connectivity index (χ0v) is 10.7. The monoisotopic (exact) mass is 234 g/mol. The molecule has 17 heavy (non-hydrogen) atoms. The second kappa shape index (κ2) is 5.54. The first-order valence-corrected chi connectivity index (χ1v) is 6.62. The molecule has 1 aromatic carbocycles. The van der Waals surface area contributed by atoms with Crippen LogP contribution in [0.2, 0.25) is 0 Å². The lowest BCUT2D eigenvalue weighted by Gasteiger charge is -2.29. The second-order valence-electron chi connectivity index (χ2n) is 5.02. The summed E-state index contributed by atoms with van der Waals surface area (Å²) in [7, 11) is 0. The van der Waals surface area contributed by atoms with Gasteiger partial charge in [0.2, 0.25) is 0 Å². The Bertz CT molecular complexity index is 360. The topological polar surface area (TPSA) is 29.5 Å². The Morgan fingerprint density at radius 1 is 1.41 bits per heavy atom. The lowest BCUT2D eigenvalue weighted by Crippen LogP contribution is -2.22. The predicted molar refractivity (Wildman–Crippen MR) is 69.4 cm³/mol. The van der Waals surface area contributed by atoms with Gasteiger partial charge in [0.25, 0.3) is 0 Å². The summed E-state index contributed by atoms with van der Waals surface area (Å²) < 4.78 is 5.67. The Hall–Kier alpha value is -1.02. The molecule has 1 N–H and O–H groups in total. The van der Waals surface area contributed by atoms with Gasteiger partial charge in [-0.25, -0.2) is 0 Å². The molecule has 0 saturated carbocycles. The summed E-state index contributed by atoms with van der Waals surface area (Å²) in [5.41, 5.74) is 1.32. The first-order valence-electron chi connectivity index (χ1n) is 6.62. The quantitative estimate of drug-likeness (QED) is 0.865. The smallest absolute Gasteiger partial charge is 0.122 e. The number of rotatable bonds is 4. The standard InChI is InChI=1S/C15H22O2/c1-3-12(11(2)16)10-13-8-9-17-15-7-5-4-6-14(13)15/h4-7,11-13,16H,3,8-10H2,1-2H3. The second-order valence-corrected chi connectivity index (χ2v) is 5.02. The molecule has 94 valence electrons. The molecule has 1 aliphatic rings. The van der Waals surface area contributed by atoms with Crippen molar-refractivity contribution in [1.29, 1.82) is 0 Å². The van der Waals surface area contributed by atoms with E-state index in [9.17, 15) is 5.11 Å². The summed E-state index contributed by atoms with van der Waals surface area (Å²) in [5, 5.41) is 9.76. The molecule has 0 aromatic heterocycles. The highest BCUT2D eigenvalue weighted by Crippen LogP contribution is 2.38. The fourth-order valence-corrected chi connectivity index (χ4v) is 2.73. The van der Waals surface area contributed by atoms with Gasteiger partial charge in [0.05, 0.1) is 12.7 Å². The molecule has 0 aliphatic carbocycles. The van der Waals surface area contributed by atoms with E-state index in [0.717, 1.165) is 31.6 Å². The van der Waals surface area contributed by atoms with Crippen molar-refractivity contribution in [1.82, 2.24) is 0 Å². The van der Waals surface area contributed by atoms with E-state index in [1.54, 1.807) is 0 Å². The Morgan fingerprint density at radius 2 is 2.18 bits per heavy atom. The average Bonchev–Trinajstić information content (AvgIpc) is 2.35. The van der Waals surface area contributed by atoms with Gasteiger partial charge in [-0.15, -0.1) is 0 Å². The maximum absolute atomic E-state index is 9.76. The van der Waals surface area contributed by atoms with Crippen LogP contribution in [0, 0.1) is 5.92 Å². The maximum Gasteiger partial charge on any atom is 0.122 e. The largest absolute Gasteiger partial charge is 0.493 e. The van der Waals surface area contributed by atoms with Crippen LogP contribution in [0.4, 0.5) is 0 Å². The number of hydrogen-bond donors (Lipinski definition) is 1. The SMILES string of the molecule is CCC(CC1CCOc2ccccc21)C(C)O. The summed E-state index contributed by atoms with van der Waals surface area (Å²) in [6.45, 7) is 4.86. The number of aliphatic hydroxyl groups is 1.